The molecule has 1 aromatic heterocycles. The third-order valence-corrected chi connectivity index (χ3v) is 3.55. The number of hydrogen-bond acceptors (Lipinski definition) is 3. The first-order valence-electron chi connectivity index (χ1n) is 5.62. The quantitative estimate of drug-likeness (QED) is 0.940. The summed E-state index contributed by atoms with van der Waals surface area (Å²) in [5.41, 5.74) is 0.606. The molecule has 0 saturated carbocycles. The number of rotatable bonds is 4. The van der Waals surface area contributed by atoms with Crippen LogP contribution in [-0.2, 0) is 13.0 Å². The van der Waals surface area contributed by atoms with Crippen LogP contribution in [0.3, 0.4) is 0 Å². The van der Waals surface area contributed by atoms with Crippen molar-refractivity contribution in [2.75, 3.05) is 0 Å². The van der Waals surface area contributed by atoms with Crippen LogP contribution in [0.5, 0.6) is 0 Å². The lowest BCUT2D eigenvalue weighted by Crippen LogP contribution is -2.10. The first-order valence-corrected chi connectivity index (χ1v) is 6.37. The van der Waals surface area contributed by atoms with Gasteiger partial charge in [-0.2, -0.15) is 5.10 Å². The summed E-state index contributed by atoms with van der Waals surface area (Å²) < 4.78 is 1.74. The number of nitrogens with zero attached hydrogens (tertiary/aromatic N) is 3. The van der Waals surface area contributed by atoms with Gasteiger partial charge in [0.1, 0.15) is 12.2 Å². The number of aliphatic hydroxyl groups excluding tert-OH is 1. The summed E-state index contributed by atoms with van der Waals surface area (Å²) in [5, 5.41) is 15.1. The molecular formula is C12H13Cl2N3O. The van der Waals surface area contributed by atoms with E-state index in [9.17, 15) is 5.11 Å². The third-order valence-electron chi connectivity index (χ3n) is 2.71. The van der Waals surface area contributed by atoms with Crippen LogP contribution in [0, 0.1) is 0 Å². The van der Waals surface area contributed by atoms with Crippen LogP contribution >= 0.6 is 23.2 Å². The smallest absolute Gasteiger partial charge is 0.138 e. The van der Waals surface area contributed by atoms with Gasteiger partial charge in [-0.3, -0.25) is 4.68 Å². The zero-order valence-electron chi connectivity index (χ0n) is 9.85. The summed E-state index contributed by atoms with van der Waals surface area (Å²) >= 11 is 12.0. The molecule has 0 aliphatic heterocycles. The molecule has 2 aromatic rings. The Morgan fingerprint density at radius 2 is 2.17 bits per heavy atom. The van der Waals surface area contributed by atoms with Crippen molar-refractivity contribution in [3.8, 4) is 0 Å². The van der Waals surface area contributed by atoms with Gasteiger partial charge < -0.3 is 5.11 Å². The third kappa shape index (κ3) is 2.66. The van der Waals surface area contributed by atoms with E-state index in [1.54, 1.807) is 22.9 Å². The first kappa shape index (κ1) is 13.3. The van der Waals surface area contributed by atoms with Crippen molar-refractivity contribution in [1.29, 1.82) is 0 Å². The van der Waals surface area contributed by atoms with Crippen molar-refractivity contribution >= 4 is 23.2 Å². The predicted molar refractivity (Wildman–Crippen MR) is 70.8 cm³/mol. The Bertz CT molecular complexity index is 542. The van der Waals surface area contributed by atoms with E-state index in [0.29, 0.717) is 28.6 Å². The Balaban J connectivity index is 2.22. The van der Waals surface area contributed by atoms with Crippen molar-refractivity contribution in [2.45, 2.75) is 26.0 Å². The van der Waals surface area contributed by atoms with Gasteiger partial charge >= 0.3 is 0 Å². The maximum atomic E-state index is 10.2. The number of halogens is 2. The fourth-order valence-corrected chi connectivity index (χ4v) is 2.20. The molecule has 0 aliphatic rings. The lowest BCUT2D eigenvalue weighted by atomic mass is 10.1. The summed E-state index contributed by atoms with van der Waals surface area (Å²) in [6.07, 6.45) is 1.09. The summed E-state index contributed by atoms with van der Waals surface area (Å²) in [6.45, 7) is 2.68. The van der Waals surface area contributed by atoms with E-state index in [2.05, 4.69) is 10.1 Å². The van der Waals surface area contributed by atoms with E-state index in [1.807, 2.05) is 6.92 Å². The van der Waals surface area contributed by atoms with Gasteiger partial charge in [0, 0.05) is 18.5 Å². The molecule has 0 fully saturated rings. The van der Waals surface area contributed by atoms with Crippen molar-refractivity contribution in [1.82, 2.24) is 14.8 Å². The summed E-state index contributed by atoms with van der Waals surface area (Å²) in [6, 6.07) is 5.21. The lowest BCUT2D eigenvalue weighted by Gasteiger charge is -2.13. The van der Waals surface area contributed by atoms with Crippen molar-refractivity contribution in [3.05, 3.63) is 46.0 Å². The summed E-state index contributed by atoms with van der Waals surface area (Å²) in [4.78, 5) is 4.12. The van der Waals surface area contributed by atoms with Gasteiger partial charge in [-0.15, -0.1) is 0 Å². The number of aliphatic hydroxyl groups is 1. The first-order chi connectivity index (χ1) is 8.63. The Hall–Kier alpha value is -1.10. The standard InChI is InChI=1S/C12H13Cl2N3O/c1-2-17-11(15-7-16-17)6-10(18)8-4-3-5-9(13)12(8)14/h3-5,7,10,18H,2,6H2,1H3. The van der Waals surface area contributed by atoms with Crippen molar-refractivity contribution < 1.29 is 5.11 Å². The lowest BCUT2D eigenvalue weighted by molar-refractivity contribution is 0.174. The molecule has 4 nitrogen and oxygen atoms in total. The van der Waals surface area contributed by atoms with E-state index in [-0.39, 0.29) is 0 Å². The molecule has 18 heavy (non-hydrogen) atoms. The molecule has 0 bridgehead atoms. The van der Waals surface area contributed by atoms with E-state index in [1.165, 1.54) is 6.33 Å². The van der Waals surface area contributed by atoms with E-state index < -0.39 is 6.10 Å². The van der Waals surface area contributed by atoms with E-state index in [0.717, 1.165) is 5.82 Å². The molecule has 2 rings (SSSR count). The Morgan fingerprint density at radius 1 is 1.39 bits per heavy atom. The van der Waals surface area contributed by atoms with Gasteiger partial charge in [0.15, 0.2) is 0 Å². The highest BCUT2D eigenvalue weighted by Gasteiger charge is 2.16. The highest BCUT2D eigenvalue weighted by molar-refractivity contribution is 6.42. The highest BCUT2D eigenvalue weighted by atomic mass is 35.5. The fraction of sp³-hybridized carbons (Fsp3) is 0.333. The van der Waals surface area contributed by atoms with E-state index >= 15 is 0 Å². The summed E-state index contributed by atoms with van der Waals surface area (Å²) in [7, 11) is 0. The fourth-order valence-electron chi connectivity index (χ4n) is 1.77. The molecule has 0 spiro atoms. The van der Waals surface area contributed by atoms with Gasteiger partial charge in [0.25, 0.3) is 0 Å². The molecule has 1 aromatic carbocycles. The van der Waals surface area contributed by atoms with Crippen molar-refractivity contribution in [2.24, 2.45) is 0 Å². The molecule has 1 atom stereocenters. The Morgan fingerprint density at radius 3 is 2.89 bits per heavy atom. The second kappa shape index (κ2) is 5.69. The molecule has 0 radical (unpaired) electrons. The number of benzene rings is 1. The minimum absolute atomic E-state index is 0.355. The molecule has 1 N–H and O–H groups in total. The second-order valence-electron chi connectivity index (χ2n) is 3.85. The average molecular weight is 286 g/mol. The molecule has 1 unspecified atom stereocenters. The molecule has 6 heteroatoms. The Kier molecular flexibility index (Phi) is 4.22. The SMILES string of the molecule is CCn1ncnc1CC(O)c1cccc(Cl)c1Cl. The predicted octanol–water partition coefficient (Wildman–Crippen LogP) is 2.88. The van der Waals surface area contributed by atoms with Crippen LogP contribution in [-0.4, -0.2) is 19.9 Å². The minimum Gasteiger partial charge on any atom is -0.388 e. The van der Waals surface area contributed by atoms with Gasteiger partial charge in [-0.1, -0.05) is 35.3 Å². The van der Waals surface area contributed by atoms with Crippen LogP contribution in [0.15, 0.2) is 24.5 Å². The number of aryl methyl sites for hydroxylation is 1. The second-order valence-corrected chi connectivity index (χ2v) is 4.64. The molecule has 0 saturated heterocycles. The number of hydrogen-bond donors (Lipinski definition) is 1. The van der Waals surface area contributed by atoms with Crippen LogP contribution in [0.25, 0.3) is 0 Å². The molecule has 1 heterocycles. The van der Waals surface area contributed by atoms with Gasteiger partial charge in [-0.25, -0.2) is 4.98 Å². The normalized spacial score (nSPS) is 12.7. The van der Waals surface area contributed by atoms with Gasteiger partial charge in [0.2, 0.25) is 0 Å². The van der Waals surface area contributed by atoms with Crippen molar-refractivity contribution in [3.63, 3.8) is 0 Å². The maximum absolute atomic E-state index is 10.2. The zero-order valence-corrected chi connectivity index (χ0v) is 11.4. The van der Waals surface area contributed by atoms with Crippen LogP contribution in [0.4, 0.5) is 0 Å². The Labute approximate surface area is 115 Å². The largest absolute Gasteiger partial charge is 0.388 e. The van der Waals surface area contributed by atoms with E-state index in [4.69, 9.17) is 23.2 Å². The zero-order chi connectivity index (χ0) is 13.1. The van der Waals surface area contributed by atoms with Crippen LogP contribution < -0.4 is 0 Å². The highest BCUT2D eigenvalue weighted by Crippen LogP contribution is 2.31. The minimum atomic E-state index is -0.745. The van der Waals surface area contributed by atoms with Gasteiger partial charge in [-0.05, 0) is 13.0 Å². The van der Waals surface area contributed by atoms with Crippen LogP contribution in [0.2, 0.25) is 10.0 Å². The molecule has 96 valence electrons. The molecule has 0 aliphatic carbocycles. The summed E-state index contributed by atoms with van der Waals surface area (Å²) in [5.74, 6) is 0.723. The molecular weight excluding hydrogens is 273 g/mol. The monoisotopic (exact) mass is 285 g/mol. The number of aromatic nitrogens is 3. The topological polar surface area (TPSA) is 50.9 Å². The average Bonchev–Trinajstić information content (AvgIpc) is 2.79. The van der Waals surface area contributed by atoms with Crippen LogP contribution in [0.1, 0.15) is 24.4 Å². The maximum Gasteiger partial charge on any atom is 0.138 e. The molecule has 0 amide bonds. The van der Waals surface area contributed by atoms with Gasteiger partial charge in [0.05, 0.1) is 16.1 Å².